The van der Waals surface area contributed by atoms with Gasteiger partial charge < -0.3 is 10.1 Å². The summed E-state index contributed by atoms with van der Waals surface area (Å²) in [5.74, 6) is 0.752. The Balaban J connectivity index is 1.88. The van der Waals surface area contributed by atoms with E-state index in [1.54, 1.807) is 0 Å². The van der Waals surface area contributed by atoms with Crippen molar-refractivity contribution in [1.29, 1.82) is 0 Å². The average molecular weight is 244 g/mol. The number of methoxy groups -OCH3 is 1. The van der Waals surface area contributed by atoms with Crippen molar-refractivity contribution in [1.82, 2.24) is 10.2 Å². The minimum Gasteiger partial charge on any atom is -0.384 e. The molecule has 2 saturated heterocycles. The van der Waals surface area contributed by atoms with Crippen LogP contribution in [0.25, 0.3) is 0 Å². The van der Waals surface area contributed by atoms with E-state index in [2.05, 4.69) is 16.5 Å². The lowest BCUT2D eigenvalue weighted by atomic mass is 9.97. The van der Waals surface area contributed by atoms with Crippen molar-refractivity contribution in [3.05, 3.63) is 0 Å². The second-order valence-corrected chi connectivity index (χ2v) is 6.04. The first kappa shape index (κ1) is 12.7. The molecule has 0 radical (unpaired) electrons. The normalized spacial score (nSPS) is 36.8. The van der Waals surface area contributed by atoms with Gasteiger partial charge in [-0.2, -0.15) is 11.8 Å². The van der Waals surface area contributed by atoms with E-state index in [4.69, 9.17) is 4.74 Å². The molecule has 4 heteroatoms. The van der Waals surface area contributed by atoms with E-state index in [0.717, 1.165) is 23.8 Å². The van der Waals surface area contributed by atoms with E-state index in [9.17, 15) is 0 Å². The number of likely N-dealkylation sites (tertiary alicyclic amines) is 1. The summed E-state index contributed by atoms with van der Waals surface area (Å²) in [5, 5.41) is 4.30. The van der Waals surface area contributed by atoms with Gasteiger partial charge in [-0.3, -0.25) is 4.90 Å². The summed E-state index contributed by atoms with van der Waals surface area (Å²) >= 11 is 2.01. The SMILES string of the molecule is COCC1CCCN(C2CNCC2SC)C1. The fourth-order valence-electron chi connectivity index (χ4n) is 3.02. The van der Waals surface area contributed by atoms with Crippen molar-refractivity contribution >= 4 is 11.8 Å². The average Bonchev–Trinajstić information content (AvgIpc) is 2.78. The molecule has 3 nitrogen and oxygen atoms in total. The molecule has 16 heavy (non-hydrogen) atoms. The van der Waals surface area contributed by atoms with Crippen molar-refractivity contribution in [3.63, 3.8) is 0 Å². The van der Waals surface area contributed by atoms with Gasteiger partial charge in [0.05, 0.1) is 6.61 Å². The van der Waals surface area contributed by atoms with Crippen molar-refractivity contribution in [3.8, 4) is 0 Å². The molecule has 3 unspecified atom stereocenters. The first-order valence-electron chi connectivity index (χ1n) is 6.31. The van der Waals surface area contributed by atoms with E-state index in [0.29, 0.717) is 0 Å². The van der Waals surface area contributed by atoms with Crippen LogP contribution in [0.2, 0.25) is 0 Å². The number of hydrogen-bond acceptors (Lipinski definition) is 4. The zero-order chi connectivity index (χ0) is 11.4. The van der Waals surface area contributed by atoms with Gasteiger partial charge in [-0.15, -0.1) is 0 Å². The van der Waals surface area contributed by atoms with Gasteiger partial charge in [-0.1, -0.05) is 0 Å². The van der Waals surface area contributed by atoms with Crippen molar-refractivity contribution in [2.24, 2.45) is 5.92 Å². The molecule has 0 saturated carbocycles. The van der Waals surface area contributed by atoms with E-state index >= 15 is 0 Å². The number of nitrogens with zero attached hydrogens (tertiary/aromatic N) is 1. The standard InChI is InChI=1S/C12H24N2OS/c1-15-9-10-4-3-5-14(8-10)11-6-13-7-12(11)16-2/h10-13H,3-9H2,1-2H3. The van der Waals surface area contributed by atoms with Crippen LogP contribution in [-0.2, 0) is 4.74 Å². The van der Waals surface area contributed by atoms with Crippen LogP contribution in [0, 0.1) is 5.92 Å². The number of nitrogens with one attached hydrogen (secondary N) is 1. The van der Waals surface area contributed by atoms with Gasteiger partial charge in [-0.25, -0.2) is 0 Å². The van der Waals surface area contributed by atoms with Crippen molar-refractivity contribution in [2.75, 3.05) is 46.2 Å². The summed E-state index contributed by atoms with van der Waals surface area (Å²) in [6, 6.07) is 0.745. The van der Waals surface area contributed by atoms with Crippen molar-refractivity contribution < 1.29 is 4.74 Å². The Morgan fingerprint density at radius 1 is 1.44 bits per heavy atom. The van der Waals surface area contributed by atoms with Gasteiger partial charge in [0.25, 0.3) is 0 Å². The third-order valence-electron chi connectivity index (χ3n) is 3.85. The maximum Gasteiger partial charge on any atom is 0.0502 e. The lowest BCUT2D eigenvalue weighted by Crippen LogP contribution is -2.48. The molecule has 3 atom stereocenters. The number of ether oxygens (including phenoxy) is 1. The van der Waals surface area contributed by atoms with Gasteiger partial charge in [0.2, 0.25) is 0 Å². The topological polar surface area (TPSA) is 24.5 Å². The molecule has 0 bridgehead atoms. The Morgan fingerprint density at radius 2 is 2.31 bits per heavy atom. The second-order valence-electron chi connectivity index (χ2n) is 4.96. The van der Waals surface area contributed by atoms with Crippen LogP contribution in [0.5, 0.6) is 0 Å². The molecule has 2 aliphatic heterocycles. The third kappa shape index (κ3) is 2.92. The van der Waals surface area contributed by atoms with Gasteiger partial charge >= 0.3 is 0 Å². The molecule has 2 rings (SSSR count). The van der Waals surface area contributed by atoms with Crippen LogP contribution in [0.3, 0.4) is 0 Å². The Hall–Kier alpha value is 0.230. The number of rotatable bonds is 4. The largest absolute Gasteiger partial charge is 0.384 e. The molecule has 0 aromatic heterocycles. The van der Waals surface area contributed by atoms with Crippen molar-refractivity contribution in [2.45, 2.75) is 24.1 Å². The Labute approximate surface area is 103 Å². The van der Waals surface area contributed by atoms with E-state index in [-0.39, 0.29) is 0 Å². The minimum absolute atomic E-state index is 0.745. The molecule has 2 fully saturated rings. The Kier molecular flexibility index (Phi) is 4.95. The van der Waals surface area contributed by atoms with Crippen LogP contribution in [-0.4, -0.2) is 62.3 Å². The lowest BCUT2D eigenvalue weighted by Gasteiger charge is -2.38. The molecule has 2 heterocycles. The lowest BCUT2D eigenvalue weighted by molar-refractivity contribution is 0.0736. The summed E-state index contributed by atoms with van der Waals surface area (Å²) in [4.78, 5) is 2.69. The van der Waals surface area contributed by atoms with Gasteiger partial charge in [0.15, 0.2) is 0 Å². The monoisotopic (exact) mass is 244 g/mol. The summed E-state index contributed by atoms with van der Waals surface area (Å²) in [5.41, 5.74) is 0. The molecule has 0 amide bonds. The Bertz CT molecular complexity index is 213. The molecule has 94 valence electrons. The van der Waals surface area contributed by atoms with Gasteiger partial charge in [0.1, 0.15) is 0 Å². The molecule has 2 aliphatic rings. The molecule has 0 aromatic rings. The smallest absolute Gasteiger partial charge is 0.0502 e. The second kappa shape index (κ2) is 6.24. The quantitative estimate of drug-likeness (QED) is 0.799. The van der Waals surface area contributed by atoms with Gasteiger partial charge in [0, 0.05) is 38.0 Å². The zero-order valence-electron chi connectivity index (χ0n) is 10.4. The van der Waals surface area contributed by atoms with Crippen LogP contribution >= 0.6 is 11.8 Å². The van der Waals surface area contributed by atoms with Crippen LogP contribution < -0.4 is 5.32 Å². The zero-order valence-corrected chi connectivity index (χ0v) is 11.3. The maximum atomic E-state index is 5.30. The highest BCUT2D eigenvalue weighted by atomic mass is 32.2. The number of thioether (sulfide) groups is 1. The van der Waals surface area contributed by atoms with Gasteiger partial charge in [-0.05, 0) is 31.6 Å². The summed E-state index contributed by atoms with van der Waals surface area (Å²) < 4.78 is 5.30. The number of piperidine rings is 1. The van der Waals surface area contributed by atoms with Crippen LogP contribution in [0.1, 0.15) is 12.8 Å². The summed E-state index contributed by atoms with van der Waals surface area (Å²) in [6.07, 6.45) is 4.92. The molecule has 1 N–H and O–H groups in total. The van der Waals surface area contributed by atoms with E-state index < -0.39 is 0 Å². The maximum absolute atomic E-state index is 5.30. The van der Waals surface area contributed by atoms with E-state index in [1.807, 2.05) is 18.9 Å². The van der Waals surface area contributed by atoms with Crippen LogP contribution in [0.4, 0.5) is 0 Å². The predicted molar refractivity (Wildman–Crippen MR) is 70.1 cm³/mol. The fraction of sp³-hybridized carbons (Fsp3) is 1.00. The molecule has 0 aliphatic carbocycles. The summed E-state index contributed by atoms with van der Waals surface area (Å²) in [6.45, 7) is 5.80. The third-order valence-corrected chi connectivity index (χ3v) is 4.94. The first-order valence-corrected chi connectivity index (χ1v) is 7.60. The Morgan fingerprint density at radius 3 is 3.06 bits per heavy atom. The predicted octanol–water partition coefficient (Wildman–Crippen LogP) is 1.05. The van der Waals surface area contributed by atoms with E-state index in [1.165, 1.54) is 39.0 Å². The molecule has 0 spiro atoms. The minimum atomic E-state index is 0.745. The highest BCUT2D eigenvalue weighted by Crippen LogP contribution is 2.25. The molecule has 0 aromatic carbocycles. The first-order chi connectivity index (χ1) is 7.85. The molecular formula is C12H24N2OS. The molecular weight excluding hydrogens is 220 g/mol. The highest BCUT2D eigenvalue weighted by Gasteiger charge is 2.33. The highest BCUT2D eigenvalue weighted by molar-refractivity contribution is 7.99. The summed E-state index contributed by atoms with van der Waals surface area (Å²) in [7, 11) is 1.82. The van der Waals surface area contributed by atoms with Crippen LogP contribution in [0.15, 0.2) is 0 Å². The number of hydrogen-bond donors (Lipinski definition) is 1. The fourth-order valence-corrected chi connectivity index (χ4v) is 3.88.